The zero-order valence-corrected chi connectivity index (χ0v) is 12.2. The summed E-state index contributed by atoms with van der Waals surface area (Å²) in [5.41, 5.74) is 3.35. The molecule has 0 saturated heterocycles. The van der Waals surface area contributed by atoms with Crippen molar-refractivity contribution in [1.82, 2.24) is 20.3 Å². The number of pyridine rings is 1. The minimum atomic E-state index is -0.129. The number of H-pyrrole nitrogens is 1. The van der Waals surface area contributed by atoms with Gasteiger partial charge in [-0.1, -0.05) is 6.92 Å². The van der Waals surface area contributed by atoms with Crippen LogP contribution in [0.25, 0.3) is 11.4 Å². The molecule has 0 aliphatic rings. The van der Waals surface area contributed by atoms with Crippen molar-refractivity contribution in [2.45, 2.75) is 33.7 Å². The number of aromatic amines is 1. The van der Waals surface area contributed by atoms with Crippen LogP contribution in [-0.4, -0.2) is 21.5 Å². The topological polar surface area (TPSA) is 70.7 Å². The van der Waals surface area contributed by atoms with E-state index >= 15 is 0 Å². The maximum atomic E-state index is 11.7. The van der Waals surface area contributed by atoms with Gasteiger partial charge in [0.1, 0.15) is 5.82 Å². The molecular weight excluding hydrogens is 252 g/mol. The molecule has 0 amide bonds. The number of nitrogens with one attached hydrogen (secondary N) is 2. The Hall–Kier alpha value is -2.01. The molecule has 0 atom stereocenters. The van der Waals surface area contributed by atoms with Crippen LogP contribution in [0.15, 0.2) is 23.0 Å². The largest absolute Gasteiger partial charge is 0.311 e. The molecule has 0 aliphatic heterocycles. The molecule has 2 aromatic rings. The van der Waals surface area contributed by atoms with E-state index in [-0.39, 0.29) is 5.56 Å². The minimum Gasteiger partial charge on any atom is -0.311 e. The van der Waals surface area contributed by atoms with Crippen molar-refractivity contribution in [3.8, 4) is 11.4 Å². The summed E-state index contributed by atoms with van der Waals surface area (Å²) < 4.78 is 0. The Morgan fingerprint density at radius 2 is 1.85 bits per heavy atom. The summed E-state index contributed by atoms with van der Waals surface area (Å²) in [4.78, 5) is 23.4. The first kappa shape index (κ1) is 14.4. The molecule has 0 spiro atoms. The summed E-state index contributed by atoms with van der Waals surface area (Å²) in [6, 6.07) is 5.39. The number of hydrogen-bond donors (Lipinski definition) is 2. The van der Waals surface area contributed by atoms with Crippen LogP contribution < -0.4 is 10.9 Å². The lowest BCUT2D eigenvalue weighted by Gasteiger charge is -2.07. The second kappa shape index (κ2) is 6.43. The van der Waals surface area contributed by atoms with E-state index in [1.54, 1.807) is 0 Å². The second-order valence-electron chi connectivity index (χ2n) is 4.90. The van der Waals surface area contributed by atoms with E-state index in [1.807, 2.05) is 26.0 Å². The normalized spacial score (nSPS) is 10.8. The first-order valence-electron chi connectivity index (χ1n) is 6.85. The van der Waals surface area contributed by atoms with Crippen LogP contribution in [0.1, 0.15) is 30.4 Å². The van der Waals surface area contributed by atoms with E-state index in [1.165, 1.54) is 6.07 Å². The van der Waals surface area contributed by atoms with E-state index in [0.717, 1.165) is 35.6 Å². The molecule has 2 aromatic heterocycles. The van der Waals surface area contributed by atoms with Crippen LogP contribution in [0.5, 0.6) is 0 Å². The van der Waals surface area contributed by atoms with E-state index in [0.29, 0.717) is 12.4 Å². The van der Waals surface area contributed by atoms with Crippen LogP contribution in [0.3, 0.4) is 0 Å². The smallest absolute Gasteiger partial charge is 0.251 e. The van der Waals surface area contributed by atoms with Crippen molar-refractivity contribution in [2.24, 2.45) is 0 Å². The Bertz CT molecular complexity index is 628. The van der Waals surface area contributed by atoms with Crippen molar-refractivity contribution in [3.05, 3.63) is 45.6 Å². The van der Waals surface area contributed by atoms with Gasteiger partial charge < -0.3 is 10.3 Å². The first-order valence-corrected chi connectivity index (χ1v) is 6.85. The maximum absolute atomic E-state index is 11.7. The predicted molar refractivity (Wildman–Crippen MR) is 79.6 cm³/mol. The summed E-state index contributed by atoms with van der Waals surface area (Å²) in [6.45, 7) is 7.49. The van der Waals surface area contributed by atoms with Crippen molar-refractivity contribution in [1.29, 1.82) is 0 Å². The van der Waals surface area contributed by atoms with E-state index in [4.69, 9.17) is 0 Å². The van der Waals surface area contributed by atoms with Crippen molar-refractivity contribution >= 4 is 0 Å². The van der Waals surface area contributed by atoms with Crippen LogP contribution in [0.4, 0.5) is 0 Å². The lowest BCUT2D eigenvalue weighted by molar-refractivity contribution is 0.662. The van der Waals surface area contributed by atoms with Crippen molar-refractivity contribution < 1.29 is 0 Å². The Labute approximate surface area is 118 Å². The van der Waals surface area contributed by atoms with E-state index < -0.39 is 0 Å². The number of hydrogen-bond acceptors (Lipinski definition) is 4. The molecule has 2 heterocycles. The van der Waals surface area contributed by atoms with Gasteiger partial charge in [-0.15, -0.1) is 0 Å². The summed E-state index contributed by atoms with van der Waals surface area (Å²) in [5, 5.41) is 3.25. The SMILES string of the molecule is CCCNCc1cc(=O)[nH]c(-c2cc(C)nc(C)c2)n1. The highest BCUT2D eigenvalue weighted by Crippen LogP contribution is 2.15. The fourth-order valence-corrected chi connectivity index (χ4v) is 2.10. The quantitative estimate of drug-likeness (QED) is 0.816. The Morgan fingerprint density at radius 1 is 1.15 bits per heavy atom. The third-order valence-corrected chi connectivity index (χ3v) is 2.88. The number of rotatable bonds is 5. The molecule has 0 fully saturated rings. The van der Waals surface area contributed by atoms with Crippen LogP contribution >= 0.6 is 0 Å². The molecule has 2 rings (SSSR count). The van der Waals surface area contributed by atoms with Gasteiger partial charge in [-0.3, -0.25) is 9.78 Å². The van der Waals surface area contributed by atoms with Crippen LogP contribution in [0.2, 0.25) is 0 Å². The molecular formula is C15H20N4O. The van der Waals surface area contributed by atoms with Crippen LogP contribution in [0, 0.1) is 13.8 Å². The maximum Gasteiger partial charge on any atom is 0.251 e. The lowest BCUT2D eigenvalue weighted by Crippen LogP contribution is -2.18. The highest BCUT2D eigenvalue weighted by molar-refractivity contribution is 5.55. The van der Waals surface area contributed by atoms with Gasteiger partial charge in [0, 0.05) is 29.6 Å². The highest BCUT2D eigenvalue weighted by atomic mass is 16.1. The average molecular weight is 272 g/mol. The van der Waals surface area contributed by atoms with Gasteiger partial charge in [0.05, 0.1) is 5.69 Å². The molecule has 0 radical (unpaired) electrons. The zero-order valence-electron chi connectivity index (χ0n) is 12.2. The van der Waals surface area contributed by atoms with Gasteiger partial charge in [0.25, 0.3) is 5.56 Å². The predicted octanol–water partition coefficient (Wildman–Crippen LogP) is 1.95. The summed E-state index contributed by atoms with van der Waals surface area (Å²) in [7, 11) is 0. The molecule has 0 unspecified atom stereocenters. The second-order valence-corrected chi connectivity index (χ2v) is 4.90. The Balaban J connectivity index is 2.33. The molecule has 5 heteroatoms. The standard InChI is InChI=1S/C15H20N4O/c1-4-5-16-9-13-8-14(20)19-15(18-13)12-6-10(2)17-11(3)7-12/h6-8,16H,4-5,9H2,1-3H3,(H,18,19,20). The monoisotopic (exact) mass is 272 g/mol. The zero-order chi connectivity index (χ0) is 14.5. The van der Waals surface area contributed by atoms with Crippen molar-refractivity contribution in [2.75, 3.05) is 6.54 Å². The van der Waals surface area contributed by atoms with Gasteiger partial charge in [-0.05, 0) is 38.9 Å². The third kappa shape index (κ3) is 3.74. The molecule has 20 heavy (non-hydrogen) atoms. The molecule has 0 aliphatic carbocycles. The van der Waals surface area contributed by atoms with Crippen LogP contribution in [-0.2, 0) is 6.54 Å². The summed E-state index contributed by atoms with van der Waals surface area (Å²) in [5.74, 6) is 0.597. The number of aryl methyl sites for hydroxylation is 2. The Kier molecular flexibility index (Phi) is 4.63. The lowest BCUT2D eigenvalue weighted by atomic mass is 10.2. The van der Waals surface area contributed by atoms with E-state index in [2.05, 4.69) is 27.2 Å². The summed E-state index contributed by atoms with van der Waals surface area (Å²) in [6.07, 6.45) is 1.05. The third-order valence-electron chi connectivity index (χ3n) is 2.88. The van der Waals surface area contributed by atoms with Crippen molar-refractivity contribution in [3.63, 3.8) is 0 Å². The van der Waals surface area contributed by atoms with Gasteiger partial charge >= 0.3 is 0 Å². The van der Waals surface area contributed by atoms with Gasteiger partial charge in [-0.2, -0.15) is 0 Å². The average Bonchev–Trinajstić information content (AvgIpc) is 2.37. The van der Waals surface area contributed by atoms with E-state index in [9.17, 15) is 4.79 Å². The molecule has 5 nitrogen and oxygen atoms in total. The fourth-order valence-electron chi connectivity index (χ4n) is 2.10. The summed E-state index contributed by atoms with van der Waals surface area (Å²) >= 11 is 0. The first-order chi connectivity index (χ1) is 9.58. The molecule has 106 valence electrons. The molecule has 2 N–H and O–H groups in total. The van der Waals surface area contributed by atoms with Gasteiger partial charge in [-0.25, -0.2) is 4.98 Å². The highest BCUT2D eigenvalue weighted by Gasteiger charge is 2.06. The fraction of sp³-hybridized carbons (Fsp3) is 0.400. The molecule has 0 saturated carbocycles. The minimum absolute atomic E-state index is 0.129. The van der Waals surface area contributed by atoms with Gasteiger partial charge in [0.2, 0.25) is 0 Å². The molecule has 0 aromatic carbocycles. The molecule has 0 bridgehead atoms. The Morgan fingerprint density at radius 3 is 2.50 bits per heavy atom. The number of aromatic nitrogens is 3. The van der Waals surface area contributed by atoms with Gasteiger partial charge in [0.15, 0.2) is 0 Å². The number of nitrogens with zero attached hydrogens (tertiary/aromatic N) is 2.